The zero-order valence-corrected chi connectivity index (χ0v) is 14.0. The average Bonchev–Trinajstić information content (AvgIpc) is 2.44. The number of carbonyl (C=O) groups excluding carboxylic acids is 1. The van der Waals surface area contributed by atoms with E-state index in [1.165, 1.54) is 0 Å². The van der Waals surface area contributed by atoms with Gasteiger partial charge in [-0.15, -0.1) is 0 Å². The van der Waals surface area contributed by atoms with E-state index in [0.29, 0.717) is 18.8 Å². The van der Waals surface area contributed by atoms with Gasteiger partial charge in [-0.3, -0.25) is 9.69 Å². The number of hydrogen-bond acceptors (Lipinski definition) is 6. The first kappa shape index (κ1) is 15.9. The fourth-order valence-corrected chi connectivity index (χ4v) is 3.15. The molecule has 1 atom stereocenters. The number of rotatable bonds is 2. The Hall–Kier alpha value is -1.95. The van der Waals surface area contributed by atoms with Crippen LogP contribution in [0.1, 0.15) is 20.8 Å². The van der Waals surface area contributed by atoms with Crippen LogP contribution in [0.2, 0.25) is 0 Å². The number of nitrogens with two attached hydrogens (primary N) is 1. The summed E-state index contributed by atoms with van der Waals surface area (Å²) in [5.74, 6) is 0.678. The Morgan fingerprint density at radius 2 is 2.17 bits per heavy atom. The number of nitrogens with zero attached hydrogens (tertiary/aromatic N) is 2. The number of fused-ring (bicyclic) bond motifs is 3. The van der Waals surface area contributed by atoms with Gasteiger partial charge in [0.2, 0.25) is 0 Å². The van der Waals surface area contributed by atoms with Crippen LogP contribution >= 0.6 is 0 Å². The molecule has 0 unspecified atom stereocenters. The molecule has 3 rings (SSSR count). The molecule has 23 heavy (non-hydrogen) atoms. The summed E-state index contributed by atoms with van der Waals surface area (Å²) in [6.07, 6.45) is 0. The molecule has 0 amide bonds. The second-order valence-corrected chi connectivity index (χ2v) is 7.21. The number of benzene rings is 1. The Kier molecular flexibility index (Phi) is 4.10. The quantitative estimate of drug-likeness (QED) is 0.658. The maximum Gasteiger partial charge on any atom is 0.320 e. The van der Waals surface area contributed by atoms with E-state index in [-0.39, 0.29) is 12.0 Å². The Morgan fingerprint density at radius 1 is 1.39 bits per heavy atom. The molecule has 1 saturated heterocycles. The summed E-state index contributed by atoms with van der Waals surface area (Å²) in [5, 5.41) is 0. The van der Waals surface area contributed by atoms with Crippen molar-refractivity contribution in [3.05, 3.63) is 18.2 Å². The number of ether oxygens (including phenoxy) is 2. The summed E-state index contributed by atoms with van der Waals surface area (Å²) in [7, 11) is 0. The predicted octanol–water partition coefficient (Wildman–Crippen LogP) is 1.49. The van der Waals surface area contributed by atoms with Crippen LogP contribution in [0.3, 0.4) is 0 Å². The normalized spacial score (nSPS) is 21.2. The van der Waals surface area contributed by atoms with Crippen LogP contribution in [0.4, 0.5) is 11.4 Å². The summed E-state index contributed by atoms with van der Waals surface area (Å²) in [6.45, 7) is 9.11. The lowest BCUT2D eigenvalue weighted by Crippen LogP contribution is -2.58. The number of nitrogen functional groups attached to an aromatic ring is 1. The summed E-state index contributed by atoms with van der Waals surface area (Å²) in [6, 6.07) is 6.04. The van der Waals surface area contributed by atoms with Crippen molar-refractivity contribution in [1.82, 2.24) is 4.90 Å². The topological polar surface area (TPSA) is 68.0 Å². The lowest BCUT2D eigenvalue weighted by atomic mass is 10.1. The average molecular weight is 319 g/mol. The third-order valence-electron chi connectivity index (χ3n) is 4.06. The molecule has 0 radical (unpaired) electrons. The van der Waals surface area contributed by atoms with Crippen LogP contribution in [0, 0.1) is 0 Å². The second-order valence-electron chi connectivity index (χ2n) is 7.21. The van der Waals surface area contributed by atoms with E-state index in [2.05, 4.69) is 9.80 Å². The fraction of sp³-hybridized carbons (Fsp3) is 0.588. The molecule has 6 heteroatoms. The smallest absolute Gasteiger partial charge is 0.320 e. The molecule has 2 heterocycles. The number of hydrogen-bond donors (Lipinski definition) is 1. The number of anilines is 2. The molecular weight excluding hydrogens is 294 g/mol. The monoisotopic (exact) mass is 319 g/mol. The van der Waals surface area contributed by atoms with Gasteiger partial charge in [-0.1, -0.05) is 0 Å². The van der Waals surface area contributed by atoms with Gasteiger partial charge in [0, 0.05) is 31.4 Å². The van der Waals surface area contributed by atoms with Gasteiger partial charge in [0.15, 0.2) is 0 Å². The van der Waals surface area contributed by atoms with Crippen LogP contribution in [-0.4, -0.2) is 55.3 Å². The molecule has 1 fully saturated rings. The van der Waals surface area contributed by atoms with Gasteiger partial charge in [0.05, 0.1) is 18.3 Å². The zero-order chi connectivity index (χ0) is 16.6. The van der Waals surface area contributed by atoms with Crippen LogP contribution < -0.4 is 15.4 Å². The van der Waals surface area contributed by atoms with Crippen molar-refractivity contribution in [2.75, 3.05) is 43.4 Å². The van der Waals surface area contributed by atoms with E-state index in [1.54, 1.807) is 0 Å². The zero-order valence-electron chi connectivity index (χ0n) is 14.0. The highest BCUT2D eigenvalue weighted by Gasteiger charge is 2.33. The van der Waals surface area contributed by atoms with Crippen LogP contribution in [0.15, 0.2) is 18.2 Å². The first-order valence-electron chi connectivity index (χ1n) is 8.05. The second kappa shape index (κ2) is 5.92. The fourth-order valence-electron chi connectivity index (χ4n) is 3.15. The van der Waals surface area contributed by atoms with Crippen molar-refractivity contribution in [3.63, 3.8) is 0 Å². The largest absolute Gasteiger partial charge is 0.489 e. The summed E-state index contributed by atoms with van der Waals surface area (Å²) in [5.41, 5.74) is 7.18. The van der Waals surface area contributed by atoms with Crippen LogP contribution in [-0.2, 0) is 9.53 Å². The highest BCUT2D eigenvalue weighted by molar-refractivity contribution is 5.72. The predicted molar refractivity (Wildman–Crippen MR) is 89.8 cm³/mol. The molecule has 1 aromatic rings. The molecule has 0 aromatic heterocycles. The summed E-state index contributed by atoms with van der Waals surface area (Å²) >= 11 is 0. The first-order chi connectivity index (χ1) is 10.8. The van der Waals surface area contributed by atoms with E-state index in [4.69, 9.17) is 15.2 Å². The molecule has 0 aliphatic carbocycles. The summed E-state index contributed by atoms with van der Waals surface area (Å²) in [4.78, 5) is 16.5. The lowest BCUT2D eigenvalue weighted by Gasteiger charge is -2.45. The molecule has 2 aliphatic heterocycles. The minimum absolute atomic E-state index is 0.171. The van der Waals surface area contributed by atoms with Gasteiger partial charge < -0.3 is 20.1 Å². The first-order valence-corrected chi connectivity index (χ1v) is 8.05. The molecule has 6 nitrogen and oxygen atoms in total. The SMILES string of the molecule is CC(C)(C)OC(=O)CN1CCN2c3ccc(N)cc3OC[C@H]2C1. The minimum atomic E-state index is -0.439. The van der Waals surface area contributed by atoms with Crippen LogP contribution in [0.25, 0.3) is 0 Å². The maximum absolute atomic E-state index is 12.0. The Morgan fingerprint density at radius 3 is 2.91 bits per heavy atom. The molecule has 1 aromatic carbocycles. The van der Waals surface area contributed by atoms with E-state index in [9.17, 15) is 4.79 Å². The Labute approximate surface area is 137 Å². The number of piperazine rings is 1. The Balaban J connectivity index is 1.62. The lowest BCUT2D eigenvalue weighted by molar-refractivity contribution is -0.156. The van der Waals surface area contributed by atoms with Crippen molar-refractivity contribution in [2.45, 2.75) is 32.4 Å². The molecule has 0 spiro atoms. The third kappa shape index (κ3) is 3.69. The molecule has 126 valence electrons. The molecule has 0 saturated carbocycles. The van der Waals surface area contributed by atoms with Gasteiger partial charge >= 0.3 is 5.97 Å². The van der Waals surface area contributed by atoms with Crippen molar-refractivity contribution in [3.8, 4) is 5.75 Å². The standard InChI is InChI=1S/C17H25N3O3/c1-17(2,3)23-16(21)10-19-6-7-20-13(9-19)11-22-15-8-12(18)4-5-14(15)20/h4-5,8,13H,6-7,9-11,18H2,1-3H3/t13-/m1/s1. The highest BCUT2D eigenvalue weighted by Crippen LogP contribution is 2.36. The Bertz CT molecular complexity index is 597. The van der Waals surface area contributed by atoms with E-state index < -0.39 is 5.60 Å². The molecular formula is C17H25N3O3. The van der Waals surface area contributed by atoms with E-state index in [1.807, 2.05) is 39.0 Å². The van der Waals surface area contributed by atoms with E-state index >= 15 is 0 Å². The van der Waals surface area contributed by atoms with Gasteiger partial charge in [-0.05, 0) is 32.9 Å². The van der Waals surface area contributed by atoms with E-state index in [0.717, 1.165) is 31.1 Å². The minimum Gasteiger partial charge on any atom is -0.489 e. The van der Waals surface area contributed by atoms with Gasteiger partial charge in [-0.2, -0.15) is 0 Å². The molecule has 0 bridgehead atoms. The van der Waals surface area contributed by atoms with Gasteiger partial charge in [-0.25, -0.2) is 0 Å². The number of esters is 1. The van der Waals surface area contributed by atoms with Gasteiger partial charge in [0.25, 0.3) is 0 Å². The number of carbonyl (C=O) groups is 1. The summed E-state index contributed by atoms with van der Waals surface area (Å²) < 4.78 is 11.2. The highest BCUT2D eigenvalue weighted by atomic mass is 16.6. The van der Waals surface area contributed by atoms with Crippen molar-refractivity contribution in [1.29, 1.82) is 0 Å². The van der Waals surface area contributed by atoms with Gasteiger partial charge in [0.1, 0.15) is 18.0 Å². The molecule has 2 N–H and O–H groups in total. The third-order valence-corrected chi connectivity index (χ3v) is 4.06. The molecule has 2 aliphatic rings. The van der Waals surface area contributed by atoms with Crippen molar-refractivity contribution < 1.29 is 14.3 Å². The maximum atomic E-state index is 12.0. The van der Waals surface area contributed by atoms with Crippen molar-refractivity contribution in [2.24, 2.45) is 0 Å². The van der Waals surface area contributed by atoms with Crippen LogP contribution in [0.5, 0.6) is 5.75 Å². The van der Waals surface area contributed by atoms with Crippen molar-refractivity contribution >= 4 is 17.3 Å².